The Morgan fingerprint density at radius 1 is 1.08 bits per heavy atom. The number of nitrogens with zero attached hydrogens (tertiary/aromatic N) is 3. The van der Waals surface area contributed by atoms with Gasteiger partial charge in [0.2, 0.25) is 0 Å². The number of nitrogens with one attached hydrogen (secondary N) is 1. The molecule has 0 amide bonds. The fraction of sp³-hybridized carbons (Fsp3) is 0.321. The van der Waals surface area contributed by atoms with E-state index in [2.05, 4.69) is 24.1 Å². The number of fused-ring (bicyclic) bond motifs is 5. The number of methoxy groups -OCH3 is 2. The molecule has 8 nitrogen and oxygen atoms in total. The quantitative estimate of drug-likeness (QED) is 0.281. The molecule has 0 atom stereocenters. The van der Waals surface area contributed by atoms with Crippen LogP contribution >= 0.6 is 11.3 Å². The number of ether oxygens (including phenoxy) is 3. The van der Waals surface area contributed by atoms with Gasteiger partial charge in [0, 0.05) is 23.9 Å². The van der Waals surface area contributed by atoms with Gasteiger partial charge in [0.05, 0.1) is 42.9 Å². The van der Waals surface area contributed by atoms with E-state index in [0.29, 0.717) is 13.2 Å². The van der Waals surface area contributed by atoms with Gasteiger partial charge in [-0.25, -0.2) is 15.0 Å². The molecule has 5 heterocycles. The first-order valence-electron chi connectivity index (χ1n) is 12.2. The number of anilines is 1. The number of hydrogen-bond acceptors (Lipinski definition) is 9. The lowest BCUT2D eigenvalue weighted by Gasteiger charge is -2.32. The van der Waals surface area contributed by atoms with Crippen molar-refractivity contribution in [2.45, 2.75) is 38.9 Å². The zero-order valence-electron chi connectivity index (χ0n) is 21.3. The van der Waals surface area contributed by atoms with Crippen LogP contribution in [0, 0.1) is 0 Å². The molecule has 1 aromatic carbocycles. The molecule has 1 N–H and O–H groups in total. The third kappa shape index (κ3) is 4.28. The molecule has 0 saturated carbocycles. The van der Waals surface area contributed by atoms with Gasteiger partial charge in [0.25, 0.3) is 0 Å². The lowest BCUT2D eigenvalue weighted by atomic mass is 9.89. The van der Waals surface area contributed by atoms with Gasteiger partial charge in [-0.2, -0.15) is 0 Å². The fourth-order valence-electron chi connectivity index (χ4n) is 4.91. The first-order valence-corrected chi connectivity index (χ1v) is 13.0. The van der Waals surface area contributed by atoms with Crippen LogP contribution in [0.2, 0.25) is 0 Å². The highest BCUT2D eigenvalue weighted by Gasteiger charge is 2.32. The molecule has 0 bridgehead atoms. The Morgan fingerprint density at radius 3 is 2.73 bits per heavy atom. The average Bonchev–Trinajstić information content (AvgIpc) is 3.56. The smallest absolute Gasteiger partial charge is 0.160 e. The molecule has 1 aliphatic rings. The predicted molar refractivity (Wildman–Crippen MR) is 145 cm³/mol. The zero-order chi connectivity index (χ0) is 25.6. The van der Waals surface area contributed by atoms with Crippen molar-refractivity contribution in [1.82, 2.24) is 15.0 Å². The topological polar surface area (TPSA) is 91.5 Å². The molecule has 4 aromatic heterocycles. The number of rotatable bonds is 7. The summed E-state index contributed by atoms with van der Waals surface area (Å²) < 4.78 is 23.7. The maximum atomic E-state index is 6.18. The molecule has 6 rings (SSSR count). The molecule has 0 aliphatic carbocycles. The van der Waals surface area contributed by atoms with Crippen LogP contribution in [0.25, 0.3) is 31.9 Å². The summed E-state index contributed by atoms with van der Waals surface area (Å²) in [5.41, 5.74) is 4.94. The molecule has 37 heavy (non-hydrogen) atoms. The largest absolute Gasteiger partial charge is 0.493 e. The van der Waals surface area contributed by atoms with E-state index in [1.54, 1.807) is 38.1 Å². The fourth-order valence-corrected chi connectivity index (χ4v) is 6.04. The molecule has 0 spiro atoms. The van der Waals surface area contributed by atoms with Crippen molar-refractivity contribution >= 4 is 37.6 Å². The lowest BCUT2D eigenvalue weighted by Crippen LogP contribution is -2.32. The van der Waals surface area contributed by atoms with Crippen LogP contribution in [0.5, 0.6) is 11.5 Å². The minimum Gasteiger partial charge on any atom is -0.493 e. The van der Waals surface area contributed by atoms with E-state index in [-0.39, 0.29) is 5.60 Å². The van der Waals surface area contributed by atoms with E-state index in [1.807, 2.05) is 30.3 Å². The van der Waals surface area contributed by atoms with Gasteiger partial charge in [0.1, 0.15) is 22.7 Å². The molecule has 0 radical (unpaired) electrons. The first-order chi connectivity index (χ1) is 18.0. The molecule has 1 aliphatic heterocycles. The third-order valence-corrected chi connectivity index (χ3v) is 7.82. The van der Waals surface area contributed by atoms with Crippen molar-refractivity contribution in [3.8, 4) is 23.0 Å². The molecule has 0 fully saturated rings. The van der Waals surface area contributed by atoms with Crippen molar-refractivity contribution in [2.75, 3.05) is 26.1 Å². The molecule has 9 heteroatoms. The van der Waals surface area contributed by atoms with Crippen molar-refractivity contribution in [3.63, 3.8) is 0 Å². The van der Waals surface area contributed by atoms with E-state index in [9.17, 15) is 0 Å². The molecule has 0 saturated heterocycles. The standard InChI is InChI=1S/C28H28N4O4S/c1-28(2)13-17-18(14-36-28)23(20-6-5-11-35-20)32-27-22(17)24-25(37-27)26(31-15-30-24)29-10-9-16-7-8-19(33-3)21(12-16)34-4/h5-8,11-12,15H,9-10,13-14H2,1-4H3,(H,29,30,31). The monoisotopic (exact) mass is 516 g/mol. The second-order valence-corrected chi connectivity index (χ2v) is 10.7. The number of benzene rings is 1. The Hall–Kier alpha value is -3.69. The second-order valence-electron chi connectivity index (χ2n) is 9.67. The number of pyridine rings is 1. The Balaban J connectivity index is 1.38. The van der Waals surface area contributed by atoms with E-state index >= 15 is 0 Å². The average molecular weight is 517 g/mol. The number of aromatic nitrogens is 3. The van der Waals surface area contributed by atoms with Gasteiger partial charge in [-0.15, -0.1) is 11.3 Å². The van der Waals surface area contributed by atoms with Gasteiger partial charge in [0.15, 0.2) is 17.3 Å². The molecular weight excluding hydrogens is 488 g/mol. The Kier molecular flexibility index (Phi) is 5.97. The van der Waals surface area contributed by atoms with E-state index in [0.717, 1.165) is 73.2 Å². The number of hydrogen-bond donors (Lipinski definition) is 1. The predicted octanol–water partition coefficient (Wildman–Crippen LogP) is 6.02. The van der Waals surface area contributed by atoms with Crippen LogP contribution in [-0.4, -0.2) is 41.3 Å². The Morgan fingerprint density at radius 2 is 1.95 bits per heavy atom. The van der Waals surface area contributed by atoms with Crippen LogP contribution < -0.4 is 14.8 Å². The summed E-state index contributed by atoms with van der Waals surface area (Å²) in [5, 5.41) is 4.61. The summed E-state index contributed by atoms with van der Waals surface area (Å²) in [6, 6.07) is 9.82. The maximum absolute atomic E-state index is 6.18. The highest BCUT2D eigenvalue weighted by atomic mass is 32.1. The van der Waals surface area contributed by atoms with E-state index in [1.165, 1.54) is 5.56 Å². The second kappa shape index (κ2) is 9.32. The highest BCUT2D eigenvalue weighted by Crippen LogP contribution is 2.44. The number of furan rings is 1. The highest BCUT2D eigenvalue weighted by molar-refractivity contribution is 7.26. The molecule has 0 unspecified atom stereocenters. The molecule has 190 valence electrons. The van der Waals surface area contributed by atoms with Gasteiger partial charge >= 0.3 is 0 Å². The van der Waals surface area contributed by atoms with Gasteiger partial charge in [-0.05, 0) is 55.7 Å². The third-order valence-electron chi connectivity index (χ3n) is 6.74. The van der Waals surface area contributed by atoms with Crippen LogP contribution in [0.1, 0.15) is 30.5 Å². The summed E-state index contributed by atoms with van der Waals surface area (Å²) in [5.74, 6) is 3.01. The van der Waals surface area contributed by atoms with Gasteiger partial charge < -0.3 is 23.9 Å². The summed E-state index contributed by atoms with van der Waals surface area (Å²) >= 11 is 1.61. The van der Waals surface area contributed by atoms with Crippen LogP contribution in [0.15, 0.2) is 47.3 Å². The van der Waals surface area contributed by atoms with Gasteiger partial charge in [-0.3, -0.25) is 0 Å². The molecule has 5 aromatic rings. The van der Waals surface area contributed by atoms with Crippen LogP contribution in [0.4, 0.5) is 5.82 Å². The Labute approximate surface area is 218 Å². The Bertz CT molecular complexity index is 1590. The van der Waals surface area contributed by atoms with Gasteiger partial charge in [-0.1, -0.05) is 6.07 Å². The van der Waals surface area contributed by atoms with E-state index < -0.39 is 0 Å². The summed E-state index contributed by atoms with van der Waals surface area (Å²) in [4.78, 5) is 15.3. The summed E-state index contributed by atoms with van der Waals surface area (Å²) in [7, 11) is 3.29. The van der Waals surface area contributed by atoms with Crippen LogP contribution in [-0.2, 0) is 24.2 Å². The van der Waals surface area contributed by atoms with Crippen molar-refractivity contribution in [2.24, 2.45) is 0 Å². The van der Waals surface area contributed by atoms with Crippen LogP contribution in [0.3, 0.4) is 0 Å². The van der Waals surface area contributed by atoms with Crippen molar-refractivity contribution < 1.29 is 18.6 Å². The number of thiophene rings is 1. The lowest BCUT2D eigenvalue weighted by molar-refractivity contribution is -0.0395. The maximum Gasteiger partial charge on any atom is 0.160 e. The minimum atomic E-state index is -0.274. The normalized spacial score (nSPS) is 14.6. The van der Waals surface area contributed by atoms with Crippen molar-refractivity contribution in [1.29, 1.82) is 0 Å². The summed E-state index contributed by atoms with van der Waals surface area (Å²) in [6.45, 7) is 5.44. The van der Waals surface area contributed by atoms with E-state index in [4.69, 9.17) is 28.6 Å². The molecular formula is C28H28N4O4S. The zero-order valence-corrected chi connectivity index (χ0v) is 22.1. The summed E-state index contributed by atoms with van der Waals surface area (Å²) in [6.07, 6.45) is 4.88. The van der Waals surface area contributed by atoms with Crippen molar-refractivity contribution in [3.05, 3.63) is 59.6 Å². The minimum absolute atomic E-state index is 0.274. The SMILES string of the molecule is COc1ccc(CCNc2ncnc3c2sc2nc(-c4ccco4)c4c(c23)CC(C)(C)OC4)cc1OC. The first kappa shape index (κ1) is 23.7.